The molecule has 1 aromatic heterocycles. The number of hydrogen-bond acceptors (Lipinski definition) is 5. The summed E-state index contributed by atoms with van der Waals surface area (Å²) in [7, 11) is 0. The Bertz CT molecular complexity index is 1060. The summed E-state index contributed by atoms with van der Waals surface area (Å²) in [6, 6.07) is 13.0. The van der Waals surface area contributed by atoms with Crippen LogP contribution in [0.4, 0.5) is 26.1 Å². The van der Waals surface area contributed by atoms with Crippen LogP contribution in [0.1, 0.15) is 21.7 Å². The molecule has 0 bridgehead atoms. The van der Waals surface area contributed by atoms with E-state index in [4.69, 9.17) is 5.26 Å². The second kappa shape index (κ2) is 7.58. The van der Waals surface area contributed by atoms with Gasteiger partial charge in [0.15, 0.2) is 0 Å². The third kappa shape index (κ3) is 4.41. The zero-order chi connectivity index (χ0) is 19.4. The van der Waals surface area contributed by atoms with E-state index < -0.39 is 17.5 Å². The lowest BCUT2D eigenvalue weighted by molar-refractivity contribution is 0.102. The Morgan fingerprint density at radius 1 is 1.11 bits per heavy atom. The van der Waals surface area contributed by atoms with Gasteiger partial charge in [0.1, 0.15) is 17.3 Å². The molecule has 8 heteroatoms. The lowest BCUT2D eigenvalue weighted by Gasteiger charge is -2.09. The van der Waals surface area contributed by atoms with E-state index >= 15 is 0 Å². The van der Waals surface area contributed by atoms with Crippen LogP contribution in [0.25, 0.3) is 0 Å². The fourth-order valence-corrected chi connectivity index (χ4v) is 2.31. The summed E-state index contributed by atoms with van der Waals surface area (Å²) in [5.41, 5.74) is 1.39. The van der Waals surface area contributed by atoms with Gasteiger partial charge in [0.05, 0.1) is 17.3 Å². The van der Waals surface area contributed by atoms with Gasteiger partial charge in [-0.2, -0.15) is 5.26 Å². The monoisotopic (exact) mass is 365 g/mol. The van der Waals surface area contributed by atoms with Crippen LogP contribution >= 0.6 is 0 Å². The number of carbonyl (C=O) groups is 1. The molecule has 0 saturated heterocycles. The number of amides is 1. The van der Waals surface area contributed by atoms with Crippen molar-refractivity contribution >= 4 is 23.2 Å². The predicted molar refractivity (Wildman–Crippen MR) is 95.5 cm³/mol. The minimum atomic E-state index is -0.888. The van der Waals surface area contributed by atoms with Gasteiger partial charge in [-0.3, -0.25) is 4.79 Å². The number of nitrogens with one attached hydrogen (secondary N) is 2. The lowest BCUT2D eigenvalue weighted by Crippen LogP contribution is -2.16. The van der Waals surface area contributed by atoms with Gasteiger partial charge in [-0.25, -0.2) is 18.7 Å². The van der Waals surface area contributed by atoms with Crippen LogP contribution in [-0.2, 0) is 0 Å². The largest absolute Gasteiger partial charge is 0.324 e. The highest BCUT2D eigenvalue weighted by Gasteiger charge is 2.14. The molecule has 27 heavy (non-hydrogen) atoms. The van der Waals surface area contributed by atoms with Gasteiger partial charge in [0.2, 0.25) is 5.95 Å². The van der Waals surface area contributed by atoms with E-state index in [1.807, 2.05) is 6.07 Å². The van der Waals surface area contributed by atoms with Crippen LogP contribution in [0.2, 0.25) is 0 Å². The number of carbonyl (C=O) groups excluding carboxylic acids is 1. The Morgan fingerprint density at radius 3 is 2.67 bits per heavy atom. The zero-order valence-corrected chi connectivity index (χ0v) is 14.1. The number of rotatable bonds is 4. The van der Waals surface area contributed by atoms with E-state index in [2.05, 4.69) is 20.6 Å². The van der Waals surface area contributed by atoms with E-state index in [1.165, 1.54) is 6.07 Å². The van der Waals surface area contributed by atoms with Crippen LogP contribution in [0.5, 0.6) is 0 Å². The molecule has 1 heterocycles. The van der Waals surface area contributed by atoms with Crippen molar-refractivity contribution in [1.29, 1.82) is 5.26 Å². The zero-order valence-electron chi connectivity index (χ0n) is 14.1. The maximum atomic E-state index is 13.7. The van der Waals surface area contributed by atoms with E-state index in [9.17, 15) is 13.6 Å². The summed E-state index contributed by atoms with van der Waals surface area (Å²) >= 11 is 0. The SMILES string of the molecule is Cc1cc(C(=O)Nc2ccc(F)cc2F)nc(Nc2cccc(C#N)c2)n1. The number of aromatic nitrogens is 2. The molecule has 0 atom stereocenters. The molecule has 0 fully saturated rings. The number of aryl methyl sites for hydroxylation is 1. The summed E-state index contributed by atoms with van der Waals surface area (Å²) < 4.78 is 26.7. The van der Waals surface area contributed by atoms with Gasteiger partial charge < -0.3 is 10.6 Å². The average molecular weight is 365 g/mol. The van der Waals surface area contributed by atoms with Gasteiger partial charge in [-0.1, -0.05) is 6.07 Å². The molecule has 0 aliphatic rings. The van der Waals surface area contributed by atoms with Gasteiger partial charge >= 0.3 is 0 Å². The maximum absolute atomic E-state index is 13.7. The number of anilines is 3. The van der Waals surface area contributed by atoms with E-state index in [1.54, 1.807) is 31.2 Å². The third-order valence-electron chi connectivity index (χ3n) is 3.51. The standard InChI is InChI=1S/C19H13F2N5O/c1-11-7-17(18(27)25-16-6-5-13(20)9-15(16)21)26-19(23-11)24-14-4-2-3-12(8-14)10-22/h2-9H,1H3,(H,25,27)(H,23,24,26). The van der Waals surface area contributed by atoms with Crippen LogP contribution < -0.4 is 10.6 Å². The second-order valence-corrected chi connectivity index (χ2v) is 5.61. The van der Waals surface area contributed by atoms with Crippen LogP contribution in [0, 0.1) is 29.9 Å². The molecule has 2 aromatic carbocycles. The quantitative estimate of drug-likeness (QED) is 0.731. The smallest absolute Gasteiger partial charge is 0.274 e. The first-order valence-corrected chi connectivity index (χ1v) is 7.84. The Balaban J connectivity index is 1.84. The number of halogens is 2. The molecule has 3 aromatic rings. The number of nitrogens with zero attached hydrogens (tertiary/aromatic N) is 3. The van der Waals surface area contributed by atoms with Crippen molar-refractivity contribution in [2.24, 2.45) is 0 Å². The maximum Gasteiger partial charge on any atom is 0.274 e. The average Bonchev–Trinajstić information content (AvgIpc) is 2.63. The molecule has 6 nitrogen and oxygen atoms in total. The summed E-state index contributed by atoms with van der Waals surface area (Å²) in [6.07, 6.45) is 0. The first kappa shape index (κ1) is 17.9. The molecule has 134 valence electrons. The molecule has 3 rings (SSSR count). The van der Waals surface area contributed by atoms with Gasteiger partial charge in [-0.15, -0.1) is 0 Å². The van der Waals surface area contributed by atoms with Crippen LogP contribution in [-0.4, -0.2) is 15.9 Å². The number of benzene rings is 2. The molecule has 0 aliphatic carbocycles. The van der Waals surface area contributed by atoms with Gasteiger partial charge in [0, 0.05) is 17.4 Å². The molecule has 0 unspecified atom stereocenters. The topological polar surface area (TPSA) is 90.7 Å². The first-order chi connectivity index (χ1) is 12.9. The Morgan fingerprint density at radius 2 is 1.93 bits per heavy atom. The van der Waals surface area contributed by atoms with Crippen molar-refractivity contribution in [2.45, 2.75) is 6.92 Å². The Kier molecular flexibility index (Phi) is 5.04. The highest BCUT2D eigenvalue weighted by atomic mass is 19.1. The van der Waals surface area contributed by atoms with Crippen molar-refractivity contribution < 1.29 is 13.6 Å². The number of hydrogen-bond donors (Lipinski definition) is 2. The highest BCUT2D eigenvalue weighted by molar-refractivity contribution is 6.03. The fraction of sp³-hybridized carbons (Fsp3) is 0.0526. The van der Waals surface area contributed by atoms with Crippen molar-refractivity contribution in [1.82, 2.24) is 9.97 Å². The van der Waals surface area contributed by atoms with Crippen molar-refractivity contribution in [3.63, 3.8) is 0 Å². The van der Waals surface area contributed by atoms with Crippen molar-refractivity contribution in [2.75, 3.05) is 10.6 Å². The fourth-order valence-electron chi connectivity index (χ4n) is 2.31. The van der Waals surface area contributed by atoms with Crippen LogP contribution in [0.15, 0.2) is 48.5 Å². The van der Waals surface area contributed by atoms with E-state index in [0.29, 0.717) is 23.0 Å². The minimum Gasteiger partial charge on any atom is -0.324 e. The predicted octanol–water partition coefficient (Wildman–Crippen LogP) is 3.93. The summed E-state index contributed by atoms with van der Waals surface area (Å²) in [5, 5.41) is 14.2. The first-order valence-electron chi connectivity index (χ1n) is 7.84. The molecule has 0 spiro atoms. The molecular weight excluding hydrogens is 352 g/mol. The summed E-state index contributed by atoms with van der Waals surface area (Å²) in [5.74, 6) is -2.15. The second-order valence-electron chi connectivity index (χ2n) is 5.61. The molecule has 0 aliphatic heterocycles. The molecular formula is C19H13F2N5O. The van der Waals surface area contributed by atoms with Crippen molar-refractivity contribution in [3.05, 3.63) is 77.1 Å². The summed E-state index contributed by atoms with van der Waals surface area (Å²) in [4.78, 5) is 20.7. The Labute approximate surface area is 153 Å². The summed E-state index contributed by atoms with van der Waals surface area (Å²) in [6.45, 7) is 1.67. The molecule has 2 N–H and O–H groups in total. The molecule has 1 amide bonds. The van der Waals surface area contributed by atoms with Gasteiger partial charge in [-0.05, 0) is 43.3 Å². The van der Waals surface area contributed by atoms with E-state index in [0.717, 1.165) is 12.1 Å². The van der Waals surface area contributed by atoms with Gasteiger partial charge in [0.25, 0.3) is 5.91 Å². The minimum absolute atomic E-state index is 0.00478. The highest BCUT2D eigenvalue weighted by Crippen LogP contribution is 2.18. The normalized spacial score (nSPS) is 10.1. The van der Waals surface area contributed by atoms with E-state index in [-0.39, 0.29) is 17.3 Å². The third-order valence-corrected chi connectivity index (χ3v) is 3.51. The number of nitriles is 1. The van der Waals surface area contributed by atoms with Crippen LogP contribution in [0.3, 0.4) is 0 Å². The molecule has 0 radical (unpaired) electrons. The molecule has 0 saturated carbocycles. The Hall–Kier alpha value is -3.86. The van der Waals surface area contributed by atoms with Crippen molar-refractivity contribution in [3.8, 4) is 6.07 Å². The lowest BCUT2D eigenvalue weighted by atomic mass is 10.2.